The maximum atomic E-state index is 12.7. The van der Waals surface area contributed by atoms with Crippen molar-refractivity contribution in [3.05, 3.63) is 35.9 Å². The summed E-state index contributed by atoms with van der Waals surface area (Å²) in [6.45, 7) is 3.44. The molecular formula is C16H20N2O4S. The Morgan fingerprint density at radius 3 is 2.74 bits per heavy atom. The second-order valence-corrected chi connectivity index (χ2v) is 8.67. The minimum Gasteiger partial charge on any atom is -0.365 e. The lowest BCUT2D eigenvalue weighted by Crippen LogP contribution is -2.56. The first-order valence-electron chi connectivity index (χ1n) is 7.97. The number of rotatable bonds is 2. The van der Waals surface area contributed by atoms with Gasteiger partial charge < -0.3 is 9.64 Å². The molecule has 0 N–H and O–H groups in total. The van der Waals surface area contributed by atoms with Gasteiger partial charge in [-0.2, -0.15) is 4.31 Å². The zero-order chi connectivity index (χ0) is 16.2. The van der Waals surface area contributed by atoms with E-state index in [1.165, 1.54) is 4.31 Å². The summed E-state index contributed by atoms with van der Waals surface area (Å²) in [6, 6.07) is 9.12. The molecule has 1 aromatic rings. The van der Waals surface area contributed by atoms with E-state index in [9.17, 15) is 13.2 Å². The van der Waals surface area contributed by atoms with Crippen molar-refractivity contribution in [1.82, 2.24) is 9.21 Å². The monoisotopic (exact) mass is 336 g/mol. The Hall–Kier alpha value is -1.44. The lowest BCUT2D eigenvalue weighted by atomic mass is 9.99. The minimum absolute atomic E-state index is 0.0497. The second kappa shape index (κ2) is 5.03. The van der Waals surface area contributed by atoms with Crippen LogP contribution in [0.1, 0.15) is 23.7 Å². The molecule has 0 unspecified atom stereocenters. The SMILES string of the molecule is CCN1C[C@@]23CN(C(=O)c4ccccc4)C[C@@H](C[C@@H]2S1(=O)=O)O3. The number of sulfonamides is 1. The van der Waals surface area contributed by atoms with Crippen LogP contribution in [0.5, 0.6) is 0 Å². The van der Waals surface area contributed by atoms with Crippen molar-refractivity contribution in [2.24, 2.45) is 0 Å². The fourth-order valence-corrected chi connectivity index (χ4v) is 6.48. The summed E-state index contributed by atoms with van der Waals surface area (Å²) in [4.78, 5) is 14.5. The summed E-state index contributed by atoms with van der Waals surface area (Å²) >= 11 is 0. The summed E-state index contributed by atoms with van der Waals surface area (Å²) in [5.41, 5.74) is -0.127. The fourth-order valence-electron chi connectivity index (χ4n) is 4.15. The average Bonchev–Trinajstić information content (AvgIpc) is 2.93. The van der Waals surface area contributed by atoms with Gasteiger partial charge in [0, 0.05) is 25.2 Å². The summed E-state index contributed by atoms with van der Waals surface area (Å²) in [6.07, 6.45) is 0.299. The highest BCUT2D eigenvalue weighted by Crippen LogP contribution is 2.46. The molecule has 3 aliphatic rings. The molecule has 124 valence electrons. The zero-order valence-electron chi connectivity index (χ0n) is 13.0. The number of carbonyl (C=O) groups is 1. The molecule has 6 nitrogen and oxygen atoms in total. The molecule has 3 aliphatic heterocycles. The maximum absolute atomic E-state index is 12.7. The molecule has 0 aromatic heterocycles. The number of amides is 1. The summed E-state index contributed by atoms with van der Waals surface area (Å²) in [5, 5.41) is -0.520. The number of fused-ring (bicyclic) bond motifs is 1. The van der Waals surface area contributed by atoms with Gasteiger partial charge in [-0.3, -0.25) is 4.79 Å². The number of carbonyl (C=O) groups excluding carboxylic acids is 1. The molecule has 0 radical (unpaired) electrons. The van der Waals surface area contributed by atoms with E-state index in [0.29, 0.717) is 38.2 Å². The van der Waals surface area contributed by atoms with Crippen molar-refractivity contribution in [2.45, 2.75) is 30.3 Å². The van der Waals surface area contributed by atoms with Gasteiger partial charge >= 0.3 is 0 Å². The standard InChI is InChI=1S/C16H20N2O4S/c1-2-18-11-16-10-17(15(19)12-6-4-3-5-7-12)9-13(22-16)8-14(16)23(18,20)21/h3-7,13-14H,2,8-11H2,1H3/t13-,14+,16+/m1/s1. The molecule has 23 heavy (non-hydrogen) atoms. The van der Waals surface area contributed by atoms with E-state index in [1.807, 2.05) is 25.1 Å². The van der Waals surface area contributed by atoms with Crippen molar-refractivity contribution >= 4 is 15.9 Å². The first-order valence-corrected chi connectivity index (χ1v) is 9.48. The van der Waals surface area contributed by atoms with Gasteiger partial charge in [0.15, 0.2) is 0 Å². The quantitative estimate of drug-likeness (QED) is 0.797. The van der Waals surface area contributed by atoms with E-state index in [0.717, 1.165) is 0 Å². The molecule has 1 aromatic carbocycles. The molecule has 2 bridgehead atoms. The van der Waals surface area contributed by atoms with E-state index >= 15 is 0 Å². The highest BCUT2D eigenvalue weighted by Gasteiger charge is 2.65. The zero-order valence-corrected chi connectivity index (χ0v) is 13.8. The lowest BCUT2D eigenvalue weighted by Gasteiger charge is -2.39. The van der Waals surface area contributed by atoms with Crippen LogP contribution >= 0.6 is 0 Å². The van der Waals surface area contributed by atoms with Crippen LogP contribution in [0.2, 0.25) is 0 Å². The van der Waals surface area contributed by atoms with Crippen LogP contribution in [0.4, 0.5) is 0 Å². The molecule has 3 heterocycles. The minimum atomic E-state index is -3.32. The molecular weight excluding hydrogens is 316 g/mol. The third kappa shape index (κ3) is 2.14. The first kappa shape index (κ1) is 15.1. The molecule has 3 atom stereocenters. The predicted octanol–water partition coefficient (Wildman–Crippen LogP) is 0.704. The van der Waals surface area contributed by atoms with E-state index in [2.05, 4.69) is 0 Å². The van der Waals surface area contributed by atoms with Crippen LogP contribution in [0.15, 0.2) is 30.3 Å². The van der Waals surface area contributed by atoms with Crippen LogP contribution < -0.4 is 0 Å². The van der Waals surface area contributed by atoms with Gasteiger partial charge in [0.25, 0.3) is 5.91 Å². The number of nitrogens with zero attached hydrogens (tertiary/aromatic N) is 2. The molecule has 7 heteroatoms. The van der Waals surface area contributed by atoms with Crippen LogP contribution in [-0.4, -0.2) is 66.7 Å². The highest BCUT2D eigenvalue weighted by atomic mass is 32.2. The third-order valence-electron chi connectivity index (χ3n) is 5.17. The number of benzene rings is 1. The number of likely N-dealkylation sites (tertiary alicyclic amines) is 1. The normalized spacial score (nSPS) is 35.3. The number of ether oxygens (including phenoxy) is 1. The summed E-state index contributed by atoms with van der Waals surface area (Å²) in [5.74, 6) is -0.0497. The van der Waals surface area contributed by atoms with Crippen molar-refractivity contribution in [2.75, 3.05) is 26.2 Å². The van der Waals surface area contributed by atoms with Crippen molar-refractivity contribution in [3.8, 4) is 0 Å². The Labute approximate surface area is 136 Å². The molecule has 1 spiro atoms. The smallest absolute Gasteiger partial charge is 0.254 e. The van der Waals surface area contributed by atoms with Crippen molar-refractivity contribution in [3.63, 3.8) is 0 Å². The van der Waals surface area contributed by atoms with Crippen molar-refractivity contribution < 1.29 is 17.9 Å². The number of hydrogen-bond donors (Lipinski definition) is 0. The van der Waals surface area contributed by atoms with E-state index in [-0.39, 0.29) is 12.0 Å². The largest absolute Gasteiger partial charge is 0.365 e. The van der Waals surface area contributed by atoms with Gasteiger partial charge in [0.1, 0.15) is 10.9 Å². The average molecular weight is 336 g/mol. The molecule has 0 aliphatic carbocycles. The van der Waals surface area contributed by atoms with E-state index < -0.39 is 20.9 Å². The van der Waals surface area contributed by atoms with E-state index in [1.54, 1.807) is 17.0 Å². The predicted molar refractivity (Wildman–Crippen MR) is 84.5 cm³/mol. The van der Waals surface area contributed by atoms with Crippen LogP contribution in [0.25, 0.3) is 0 Å². The lowest BCUT2D eigenvalue weighted by molar-refractivity contribution is -0.0974. The van der Waals surface area contributed by atoms with Crippen molar-refractivity contribution in [1.29, 1.82) is 0 Å². The summed E-state index contributed by atoms with van der Waals surface area (Å²) < 4.78 is 32.8. The van der Waals surface area contributed by atoms with E-state index in [4.69, 9.17) is 4.74 Å². The Bertz CT molecular complexity index is 736. The third-order valence-corrected chi connectivity index (χ3v) is 7.62. The van der Waals surface area contributed by atoms with Gasteiger partial charge in [-0.15, -0.1) is 0 Å². The molecule has 3 saturated heterocycles. The molecule has 4 rings (SSSR count). The van der Waals surface area contributed by atoms with Crippen LogP contribution in [-0.2, 0) is 14.8 Å². The van der Waals surface area contributed by atoms with Gasteiger partial charge in [-0.25, -0.2) is 8.42 Å². The Morgan fingerprint density at radius 1 is 1.30 bits per heavy atom. The molecule has 0 saturated carbocycles. The van der Waals surface area contributed by atoms with Gasteiger partial charge in [-0.1, -0.05) is 25.1 Å². The Morgan fingerprint density at radius 2 is 2.04 bits per heavy atom. The topological polar surface area (TPSA) is 66.9 Å². The first-order chi connectivity index (χ1) is 11.0. The van der Waals surface area contributed by atoms with Gasteiger partial charge in [0.2, 0.25) is 10.0 Å². The van der Waals surface area contributed by atoms with Gasteiger partial charge in [-0.05, 0) is 18.6 Å². The van der Waals surface area contributed by atoms with Gasteiger partial charge in [0.05, 0.1) is 12.6 Å². The molecule has 1 amide bonds. The number of likely N-dealkylation sites (N-methyl/N-ethyl adjacent to an activating group) is 1. The fraction of sp³-hybridized carbons (Fsp3) is 0.562. The Balaban J connectivity index is 1.64. The van der Waals surface area contributed by atoms with Crippen LogP contribution in [0, 0.1) is 0 Å². The second-order valence-electron chi connectivity index (χ2n) is 6.55. The Kier molecular flexibility index (Phi) is 3.30. The molecule has 3 fully saturated rings. The number of morpholine rings is 1. The maximum Gasteiger partial charge on any atom is 0.254 e. The van der Waals surface area contributed by atoms with Crippen LogP contribution in [0.3, 0.4) is 0 Å². The highest BCUT2D eigenvalue weighted by molar-refractivity contribution is 7.90. The summed E-state index contributed by atoms with van der Waals surface area (Å²) in [7, 11) is -3.32. The number of hydrogen-bond acceptors (Lipinski definition) is 4.